The van der Waals surface area contributed by atoms with Gasteiger partial charge in [-0.15, -0.1) is 0 Å². The third kappa shape index (κ3) is 2.72. The lowest BCUT2D eigenvalue weighted by molar-refractivity contribution is -0.135. The summed E-state index contributed by atoms with van der Waals surface area (Å²) in [7, 11) is 1.77. The number of nitrogens with zero attached hydrogens (tertiary/aromatic N) is 3. The van der Waals surface area contributed by atoms with E-state index < -0.39 is 5.97 Å². The molecule has 1 aromatic heterocycles. The fraction of sp³-hybridized carbons (Fsp3) is 0.583. The number of carbonyl (C=O) groups is 1. The second-order valence-electron chi connectivity index (χ2n) is 4.43. The van der Waals surface area contributed by atoms with Gasteiger partial charge < -0.3 is 10.0 Å². The van der Waals surface area contributed by atoms with Gasteiger partial charge in [0.25, 0.3) is 0 Å². The summed E-state index contributed by atoms with van der Waals surface area (Å²) in [6, 6.07) is 0. The second kappa shape index (κ2) is 5.12. The van der Waals surface area contributed by atoms with E-state index in [9.17, 15) is 4.79 Å². The zero-order chi connectivity index (χ0) is 12.3. The van der Waals surface area contributed by atoms with Gasteiger partial charge in [0.05, 0.1) is 0 Å². The molecule has 1 N–H and O–H groups in total. The number of hydrogen-bond acceptors (Lipinski definition) is 4. The standard InChI is InChI=1S/C12H17N3O2/c1-15(7-11(16)17)12-9-5-3-2-4-6-10(9)13-8-14-12/h8H,2-7H2,1H3,(H,16,17). The molecule has 0 atom stereocenters. The van der Waals surface area contributed by atoms with Gasteiger partial charge in [0.15, 0.2) is 0 Å². The number of aromatic nitrogens is 2. The number of carboxylic acids is 1. The van der Waals surface area contributed by atoms with E-state index in [-0.39, 0.29) is 6.54 Å². The Morgan fingerprint density at radius 2 is 2.12 bits per heavy atom. The molecule has 1 aliphatic carbocycles. The van der Waals surface area contributed by atoms with E-state index in [0.717, 1.165) is 42.8 Å². The van der Waals surface area contributed by atoms with Crippen LogP contribution >= 0.6 is 0 Å². The molecule has 5 nitrogen and oxygen atoms in total. The molecule has 0 amide bonds. The molecule has 1 aliphatic rings. The second-order valence-corrected chi connectivity index (χ2v) is 4.43. The zero-order valence-electron chi connectivity index (χ0n) is 10.0. The number of rotatable bonds is 3. The van der Waals surface area contributed by atoms with Crippen molar-refractivity contribution in [1.82, 2.24) is 9.97 Å². The maximum atomic E-state index is 10.7. The summed E-state index contributed by atoms with van der Waals surface area (Å²) >= 11 is 0. The van der Waals surface area contributed by atoms with Gasteiger partial charge in [-0.2, -0.15) is 0 Å². The van der Waals surface area contributed by atoms with Crippen LogP contribution in [0, 0.1) is 0 Å². The first-order valence-corrected chi connectivity index (χ1v) is 5.94. The highest BCUT2D eigenvalue weighted by atomic mass is 16.4. The molecule has 0 saturated carbocycles. The average molecular weight is 235 g/mol. The Kier molecular flexibility index (Phi) is 3.56. The van der Waals surface area contributed by atoms with Crippen molar-refractivity contribution in [3.8, 4) is 0 Å². The van der Waals surface area contributed by atoms with Crippen molar-refractivity contribution in [3.05, 3.63) is 17.6 Å². The molecule has 0 radical (unpaired) electrons. The number of anilines is 1. The van der Waals surface area contributed by atoms with Gasteiger partial charge >= 0.3 is 5.97 Å². The number of aryl methyl sites for hydroxylation is 1. The lowest BCUT2D eigenvalue weighted by atomic mass is 10.1. The van der Waals surface area contributed by atoms with Gasteiger partial charge in [0.2, 0.25) is 0 Å². The number of fused-ring (bicyclic) bond motifs is 1. The van der Waals surface area contributed by atoms with E-state index in [1.165, 1.54) is 12.7 Å². The average Bonchev–Trinajstić information content (AvgIpc) is 2.52. The minimum atomic E-state index is -0.839. The first kappa shape index (κ1) is 11.8. The Morgan fingerprint density at radius 1 is 1.35 bits per heavy atom. The number of aliphatic carboxylic acids is 1. The SMILES string of the molecule is CN(CC(=O)O)c1ncnc2c1CCCCC2. The van der Waals surface area contributed by atoms with Crippen molar-refractivity contribution in [2.24, 2.45) is 0 Å². The first-order chi connectivity index (χ1) is 8.18. The topological polar surface area (TPSA) is 66.3 Å². The zero-order valence-corrected chi connectivity index (χ0v) is 10.0. The van der Waals surface area contributed by atoms with E-state index in [2.05, 4.69) is 9.97 Å². The smallest absolute Gasteiger partial charge is 0.323 e. The molecule has 1 aromatic rings. The summed E-state index contributed by atoms with van der Waals surface area (Å²) in [6.07, 6.45) is 6.97. The van der Waals surface area contributed by atoms with Crippen LogP contribution in [0.4, 0.5) is 5.82 Å². The van der Waals surface area contributed by atoms with Crippen LogP contribution < -0.4 is 4.90 Å². The van der Waals surface area contributed by atoms with Crippen molar-refractivity contribution >= 4 is 11.8 Å². The molecule has 92 valence electrons. The highest BCUT2D eigenvalue weighted by Crippen LogP contribution is 2.25. The molecular formula is C12H17N3O2. The van der Waals surface area contributed by atoms with Gasteiger partial charge in [-0.3, -0.25) is 4.79 Å². The van der Waals surface area contributed by atoms with Gasteiger partial charge in [-0.25, -0.2) is 9.97 Å². The summed E-state index contributed by atoms with van der Waals surface area (Å²) in [6.45, 7) is -0.0244. The Bertz CT molecular complexity index is 420. The highest BCUT2D eigenvalue weighted by Gasteiger charge is 2.17. The van der Waals surface area contributed by atoms with Crippen LogP contribution in [0.25, 0.3) is 0 Å². The Hall–Kier alpha value is -1.65. The van der Waals surface area contributed by atoms with E-state index >= 15 is 0 Å². The molecule has 5 heteroatoms. The third-order valence-electron chi connectivity index (χ3n) is 3.09. The predicted molar refractivity (Wildman–Crippen MR) is 64.2 cm³/mol. The van der Waals surface area contributed by atoms with Crippen LogP contribution in [0.5, 0.6) is 0 Å². The molecule has 0 fully saturated rings. The molecule has 0 saturated heterocycles. The normalized spacial score (nSPS) is 14.9. The molecule has 0 unspecified atom stereocenters. The van der Waals surface area contributed by atoms with Crippen LogP contribution in [0.1, 0.15) is 30.5 Å². The number of hydrogen-bond donors (Lipinski definition) is 1. The summed E-state index contributed by atoms with van der Waals surface area (Å²) in [4.78, 5) is 21.0. The monoisotopic (exact) mass is 235 g/mol. The minimum absolute atomic E-state index is 0.0244. The lowest BCUT2D eigenvalue weighted by Gasteiger charge is -2.19. The van der Waals surface area contributed by atoms with Crippen LogP contribution in [0.3, 0.4) is 0 Å². The van der Waals surface area contributed by atoms with Crippen molar-refractivity contribution in [1.29, 1.82) is 0 Å². The molecule has 2 rings (SSSR count). The van der Waals surface area contributed by atoms with E-state index in [4.69, 9.17) is 5.11 Å². The van der Waals surface area contributed by atoms with Crippen LogP contribution in [0.15, 0.2) is 6.33 Å². The fourth-order valence-electron chi connectivity index (χ4n) is 2.29. The van der Waals surface area contributed by atoms with Crippen molar-refractivity contribution in [2.45, 2.75) is 32.1 Å². The highest BCUT2D eigenvalue weighted by molar-refractivity contribution is 5.73. The lowest BCUT2D eigenvalue weighted by Crippen LogP contribution is -2.27. The van der Waals surface area contributed by atoms with Crippen molar-refractivity contribution in [2.75, 3.05) is 18.5 Å². The Labute approximate surface area is 100 Å². The van der Waals surface area contributed by atoms with Gasteiger partial charge in [0.1, 0.15) is 18.7 Å². The van der Waals surface area contributed by atoms with Crippen LogP contribution in [-0.2, 0) is 17.6 Å². The van der Waals surface area contributed by atoms with Gasteiger partial charge in [0, 0.05) is 18.3 Å². The molecule has 0 aliphatic heterocycles. The van der Waals surface area contributed by atoms with Crippen LogP contribution in [0.2, 0.25) is 0 Å². The molecule has 0 spiro atoms. The fourth-order valence-corrected chi connectivity index (χ4v) is 2.29. The maximum Gasteiger partial charge on any atom is 0.323 e. The number of carboxylic acid groups (broad SMARTS) is 1. The van der Waals surface area contributed by atoms with Gasteiger partial charge in [-0.1, -0.05) is 6.42 Å². The Balaban J connectivity index is 2.30. The molecule has 17 heavy (non-hydrogen) atoms. The van der Waals surface area contributed by atoms with E-state index in [1.54, 1.807) is 11.9 Å². The third-order valence-corrected chi connectivity index (χ3v) is 3.09. The number of likely N-dealkylation sites (N-methyl/N-ethyl adjacent to an activating group) is 1. The van der Waals surface area contributed by atoms with E-state index in [1.807, 2.05) is 0 Å². The van der Waals surface area contributed by atoms with Crippen molar-refractivity contribution < 1.29 is 9.90 Å². The largest absolute Gasteiger partial charge is 0.480 e. The molecule has 1 heterocycles. The first-order valence-electron chi connectivity index (χ1n) is 5.94. The maximum absolute atomic E-state index is 10.7. The van der Waals surface area contributed by atoms with E-state index in [0.29, 0.717) is 0 Å². The minimum Gasteiger partial charge on any atom is -0.480 e. The quantitative estimate of drug-likeness (QED) is 0.799. The summed E-state index contributed by atoms with van der Waals surface area (Å²) in [5.74, 6) is -0.0622. The molecule has 0 bridgehead atoms. The summed E-state index contributed by atoms with van der Waals surface area (Å²) in [5, 5.41) is 8.82. The van der Waals surface area contributed by atoms with Crippen LogP contribution in [-0.4, -0.2) is 34.6 Å². The Morgan fingerprint density at radius 3 is 2.88 bits per heavy atom. The van der Waals surface area contributed by atoms with Gasteiger partial charge in [-0.05, 0) is 25.7 Å². The molecule has 0 aromatic carbocycles. The summed E-state index contributed by atoms with van der Waals surface area (Å²) < 4.78 is 0. The predicted octanol–water partition coefficient (Wildman–Crippen LogP) is 1.27. The summed E-state index contributed by atoms with van der Waals surface area (Å²) in [5.41, 5.74) is 2.22. The molecular weight excluding hydrogens is 218 g/mol. The van der Waals surface area contributed by atoms with Crippen molar-refractivity contribution in [3.63, 3.8) is 0 Å².